The molecule has 0 aromatic heterocycles. The van der Waals surface area contributed by atoms with Crippen molar-refractivity contribution < 1.29 is 19.0 Å². The highest BCUT2D eigenvalue weighted by Gasteiger charge is 2.11. The SMILES string of the molecule is CCCCCCOc1ccc(C=NNC(=O)c2ccc(OCc3ccccc3)c(OCC)c2)cc1. The normalized spacial score (nSPS) is 10.8. The predicted molar refractivity (Wildman–Crippen MR) is 140 cm³/mol. The molecule has 0 spiro atoms. The molecule has 3 aromatic carbocycles. The lowest BCUT2D eigenvalue weighted by Crippen LogP contribution is -2.17. The summed E-state index contributed by atoms with van der Waals surface area (Å²) in [5.74, 6) is 1.61. The van der Waals surface area contributed by atoms with Crippen LogP contribution in [0.25, 0.3) is 0 Å². The third kappa shape index (κ3) is 8.81. The number of rotatable bonds is 14. The molecule has 0 aliphatic heterocycles. The van der Waals surface area contributed by atoms with Crippen LogP contribution in [0.2, 0.25) is 0 Å². The van der Waals surface area contributed by atoms with E-state index in [1.54, 1.807) is 24.4 Å². The fourth-order valence-electron chi connectivity index (χ4n) is 3.37. The van der Waals surface area contributed by atoms with Gasteiger partial charge >= 0.3 is 0 Å². The molecule has 6 heteroatoms. The third-order valence-electron chi connectivity index (χ3n) is 5.27. The second kappa shape index (κ2) is 14.5. The Kier molecular flexibility index (Phi) is 10.7. The number of nitrogens with zero attached hydrogens (tertiary/aromatic N) is 1. The van der Waals surface area contributed by atoms with Gasteiger partial charge in [-0.15, -0.1) is 0 Å². The van der Waals surface area contributed by atoms with Crippen molar-refractivity contribution in [3.05, 3.63) is 89.5 Å². The van der Waals surface area contributed by atoms with E-state index < -0.39 is 0 Å². The summed E-state index contributed by atoms with van der Waals surface area (Å²) < 4.78 is 17.4. The van der Waals surface area contributed by atoms with Gasteiger partial charge in [0.1, 0.15) is 12.4 Å². The number of hydrogen-bond donors (Lipinski definition) is 1. The van der Waals surface area contributed by atoms with E-state index in [2.05, 4.69) is 17.5 Å². The van der Waals surface area contributed by atoms with Gasteiger partial charge < -0.3 is 14.2 Å². The lowest BCUT2D eigenvalue weighted by molar-refractivity contribution is 0.0954. The molecule has 0 aliphatic carbocycles. The highest BCUT2D eigenvalue weighted by atomic mass is 16.5. The van der Waals surface area contributed by atoms with Crippen LogP contribution >= 0.6 is 0 Å². The Bertz CT molecular complexity index is 1070. The Morgan fingerprint density at radius 2 is 1.66 bits per heavy atom. The zero-order valence-corrected chi connectivity index (χ0v) is 20.5. The maximum absolute atomic E-state index is 12.6. The van der Waals surface area contributed by atoms with E-state index in [0.29, 0.717) is 30.3 Å². The van der Waals surface area contributed by atoms with Crippen LogP contribution in [0.1, 0.15) is 61.0 Å². The van der Waals surface area contributed by atoms with Gasteiger partial charge in [-0.2, -0.15) is 5.10 Å². The summed E-state index contributed by atoms with van der Waals surface area (Å²) in [4.78, 5) is 12.6. The van der Waals surface area contributed by atoms with E-state index in [-0.39, 0.29) is 5.91 Å². The molecule has 0 aliphatic rings. The lowest BCUT2D eigenvalue weighted by Gasteiger charge is -2.13. The van der Waals surface area contributed by atoms with Crippen molar-refractivity contribution in [1.82, 2.24) is 5.43 Å². The fraction of sp³-hybridized carbons (Fsp3) is 0.310. The van der Waals surface area contributed by atoms with E-state index in [1.807, 2.05) is 61.5 Å². The van der Waals surface area contributed by atoms with Crippen LogP contribution in [0.3, 0.4) is 0 Å². The smallest absolute Gasteiger partial charge is 0.271 e. The Hall–Kier alpha value is -3.80. The summed E-state index contributed by atoms with van der Waals surface area (Å²) in [5.41, 5.74) is 4.92. The van der Waals surface area contributed by atoms with E-state index in [1.165, 1.54) is 19.3 Å². The molecule has 1 amide bonds. The van der Waals surface area contributed by atoms with Crippen LogP contribution in [-0.4, -0.2) is 25.3 Å². The minimum absolute atomic E-state index is 0.330. The Morgan fingerprint density at radius 1 is 0.857 bits per heavy atom. The van der Waals surface area contributed by atoms with Crippen molar-refractivity contribution in [2.75, 3.05) is 13.2 Å². The van der Waals surface area contributed by atoms with Crippen molar-refractivity contribution in [1.29, 1.82) is 0 Å². The van der Waals surface area contributed by atoms with Gasteiger partial charge in [0, 0.05) is 5.56 Å². The Morgan fingerprint density at radius 3 is 2.40 bits per heavy atom. The molecule has 35 heavy (non-hydrogen) atoms. The number of amides is 1. The second-order valence-electron chi connectivity index (χ2n) is 8.05. The van der Waals surface area contributed by atoms with E-state index in [4.69, 9.17) is 14.2 Å². The molecule has 0 unspecified atom stereocenters. The minimum atomic E-state index is -0.330. The van der Waals surface area contributed by atoms with Crippen LogP contribution in [-0.2, 0) is 6.61 Å². The molecule has 1 N–H and O–H groups in total. The van der Waals surface area contributed by atoms with Crippen molar-refractivity contribution in [2.45, 2.75) is 46.1 Å². The number of hydrazone groups is 1. The van der Waals surface area contributed by atoms with Crippen molar-refractivity contribution in [3.8, 4) is 17.2 Å². The summed E-state index contributed by atoms with van der Waals surface area (Å²) in [6.07, 6.45) is 6.31. The minimum Gasteiger partial charge on any atom is -0.494 e. The van der Waals surface area contributed by atoms with E-state index in [0.717, 1.165) is 29.9 Å². The lowest BCUT2D eigenvalue weighted by atomic mass is 10.2. The average molecular weight is 475 g/mol. The molecular weight excluding hydrogens is 440 g/mol. The van der Waals surface area contributed by atoms with E-state index >= 15 is 0 Å². The molecule has 0 radical (unpaired) electrons. The molecule has 6 nitrogen and oxygen atoms in total. The largest absolute Gasteiger partial charge is 0.494 e. The molecule has 0 bridgehead atoms. The summed E-state index contributed by atoms with van der Waals surface area (Å²) in [6, 6.07) is 22.6. The molecule has 3 aromatic rings. The zero-order chi connectivity index (χ0) is 24.7. The van der Waals surface area contributed by atoms with Crippen LogP contribution < -0.4 is 19.6 Å². The zero-order valence-electron chi connectivity index (χ0n) is 20.5. The van der Waals surface area contributed by atoms with Crippen LogP contribution in [0, 0.1) is 0 Å². The first-order chi connectivity index (χ1) is 17.2. The van der Waals surface area contributed by atoms with Crippen LogP contribution in [0.15, 0.2) is 77.9 Å². The number of benzene rings is 3. The Labute approximate surface area is 207 Å². The molecule has 3 rings (SSSR count). The van der Waals surface area contributed by atoms with Gasteiger partial charge in [-0.1, -0.05) is 56.5 Å². The molecule has 0 saturated heterocycles. The molecule has 0 saturated carbocycles. The van der Waals surface area contributed by atoms with E-state index in [9.17, 15) is 4.79 Å². The topological polar surface area (TPSA) is 69.2 Å². The summed E-state index contributed by atoms with van der Waals surface area (Å²) in [7, 11) is 0. The fourth-order valence-corrected chi connectivity index (χ4v) is 3.37. The standard InChI is InChI=1S/C29H34N2O4/c1-3-5-6-10-19-34-26-16-13-23(14-17-26)21-30-31-29(32)25-15-18-27(28(20-25)33-4-2)35-22-24-11-8-7-9-12-24/h7-9,11-18,20-21H,3-6,10,19,22H2,1-2H3,(H,31,32). The Balaban J connectivity index is 1.52. The average Bonchev–Trinajstić information content (AvgIpc) is 2.89. The molecular formula is C29H34N2O4. The van der Waals surface area contributed by atoms with Gasteiger partial charge in [-0.05, 0) is 66.9 Å². The first-order valence-corrected chi connectivity index (χ1v) is 12.2. The number of ether oxygens (including phenoxy) is 3. The maximum atomic E-state index is 12.6. The number of carbonyl (C=O) groups excluding carboxylic acids is 1. The molecule has 184 valence electrons. The van der Waals surface area contributed by atoms with Crippen LogP contribution in [0.5, 0.6) is 17.2 Å². The van der Waals surface area contributed by atoms with Gasteiger partial charge in [-0.25, -0.2) is 5.43 Å². The number of carbonyl (C=O) groups is 1. The van der Waals surface area contributed by atoms with Crippen LogP contribution in [0.4, 0.5) is 0 Å². The first kappa shape index (κ1) is 25.8. The summed E-state index contributed by atoms with van der Waals surface area (Å²) >= 11 is 0. The third-order valence-corrected chi connectivity index (χ3v) is 5.27. The van der Waals surface area contributed by atoms with Gasteiger partial charge in [0.05, 0.1) is 19.4 Å². The van der Waals surface area contributed by atoms with Crippen molar-refractivity contribution in [2.24, 2.45) is 5.10 Å². The number of hydrogen-bond acceptors (Lipinski definition) is 5. The van der Waals surface area contributed by atoms with Gasteiger partial charge in [0.15, 0.2) is 11.5 Å². The van der Waals surface area contributed by atoms with Crippen molar-refractivity contribution in [3.63, 3.8) is 0 Å². The number of unbranched alkanes of at least 4 members (excludes halogenated alkanes) is 3. The predicted octanol–water partition coefficient (Wildman–Crippen LogP) is 6.39. The van der Waals surface area contributed by atoms with Crippen molar-refractivity contribution >= 4 is 12.1 Å². The van der Waals surface area contributed by atoms with Gasteiger partial charge in [-0.3, -0.25) is 4.79 Å². The monoisotopic (exact) mass is 474 g/mol. The molecule has 0 heterocycles. The summed E-state index contributed by atoms with van der Waals surface area (Å²) in [6.45, 7) is 5.69. The first-order valence-electron chi connectivity index (χ1n) is 12.2. The van der Waals surface area contributed by atoms with Gasteiger partial charge in [0.2, 0.25) is 0 Å². The summed E-state index contributed by atoms with van der Waals surface area (Å²) in [5, 5.41) is 4.08. The highest BCUT2D eigenvalue weighted by molar-refractivity contribution is 5.95. The molecule has 0 atom stereocenters. The second-order valence-corrected chi connectivity index (χ2v) is 8.05. The number of nitrogens with one attached hydrogen (secondary N) is 1. The maximum Gasteiger partial charge on any atom is 0.271 e. The molecule has 0 fully saturated rings. The quantitative estimate of drug-likeness (QED) is 0.167. The highest BCUT2D eigenvalue weighted by Crippen LogP contribution is 2.29. The van der Waals surface area contributed by atoms with Gasteiger partial charge in [0.25, 0.3) is 5.91 Å².